The van der Waals surface area contributed by atoms with E-state index in [4.69, 9.17) is 15.3 Å². The van der Waals surface area contributed by atoms with Crippen LogP contribution in [-0.4, -0.2) is 27.3 Å². The Labute approximate surface area is 79.3 Å². The van der Waals surface area contributed by atoms with E-state index in [0.29, 0.717) is 5.57 Å². The summed E-state index contributed by atoms with van der Waals surface area (Å²) >= 11 is 0. The lowest BCUT2D eigenvalue weighted by Gasteiger charge is -2.10. The number of carboxylic acids is 2. The zero-order chi connectivity index (χ0) is 10.7. The van der Waals surface area contributed by atoms with Gasteiger partial charge in [-0.05, 0) is 11.6 Å². The SMILES string of the molecule is O=C(O)C1=C(C(=O)O)CC(=CO)C=C1. The first-order valence-corrected chi connectivity index (χ1v) is 3.77. The Bertz CT molecular complexity index is 373. The van der Waals surface area contributed by atoms with Crippen molar-refractivity contribution in [3.63, 3.8) is 0 Å². The fourth-order valence-corrected chi connectivity index (χ4v) is 1.13. The predicted molar refractivity (Wildman–Crippen MR) is 46.8 cm³/mol. The molecule has 0 saturated carbocycles. The first-order valence-electron chi connectivity index (χ1n) is 3.77. The van der Waals surface area contributed by atoms with Gasteiger partial charge in [-0.15, -0.1) is 0 Å². The van der Waals surface area contributed by atoms with E-state index in [1.807, 2.05) is 0 Å². The fraction of sp³-hybridized carbons (Fsp3) is 0.111. The third-order valence-corrected chi connectivity index (χ3v) is 1.82. The lowest BCUT2D eigenvalue weighted by Crippen LogP contribution is -2.13. The summed E-state index contributed by atoms with van der Waals surface area (Å²) in [5, 5.41) is 26.0. The van der Waals surface area contributed by atoms with Gasteiger partial charge >= 0.3 is 11.9 Å². The molecule has 0 heterocycles. The van der Waals surface area contributed by atoms with E-state index in [1.54, 1.807) is 0 Å². The highest BCUT2D eigenvalue weighted by atomic mass is 16.4. The summed E-state index contributed by atoms with van der Waals surface area (Å²) in [5.41, 5.74) is -0.101. The van der Waals surface area contributed by atoms with Gasteiger partial charge in [0.05, 0.1) is 17.4 Å². The van der Waals surface area contributed by atoms with Gasteiger partial charge in [-0.2, -0.15) is 0 Å². The van der Waals surface area contributed by atoms with E-state index in [9.17, 15) is 9.59 Å². The maximum atomic E-state index is 10.7. The van der Waals surface area contributed by atoms with Crippen molar-refractivity contribution in [1.29, 1.82) is 0 Å². The number of allylic oxidation sites excluding steroid dienone is 2. The topological polar surface area (TPSA) is 94.8 Å². The molecule has 0 saturated heterocycles. The van der Waals surface area contributed by atoms with Crippen LogP contribution in [0.25, 0.3) is 0 Å². The minimum Gasteiger partial charge on any atom is -0.515 e. The molecule has 0 fully saturated rings. The molecule has 0 aromatic carbocycles. The van der Waals surface area contributed by atoms with Gasteiger partial charge in [0.1, 0.15) is 0 Å². The van der Waals surface area contributed by atoms with E-state index in [0.717, 1.165) is 12.3 Å². The molecule has 0 bridgehead atoms. The molecule has 0 unspecified atom stereocenters. The van der Waals surface area contributed by atoms with Gasteiger partial charge in [-0.25, -0.2) is 9.59 Å². The number of hydrogen-bond donors (Lipinski definition) is 3. The normalized spacial score (nSPS) is 18.7. The van der Waals surface area contributed by atoms with Crippen molar-refractivity contribution in [2.75, 3.05) is 0 Å². The highest BCUT2D eigenvalue weighted by Crippen LogP contribution is 2.23. The van der Waals surface area contributed by atoms with Gasteiger partial charge in [0.2, 0.25) is 0 Å². The Kier molecular flexibility index (Phi) is 2.71. The summed E-state index contributed by atoms with van der Waals surface area (Å²) in [7, 11) is 0. The van der Waals surface area contributed by atoms with E-state index in [2.05, 4.69) is 0 Å². The molecule has 0 amide bonds. The lowest BCUT2D eigenvalue weighted by atomic mass is 9.94. The van der Waals surface area contributed by atoms with Crippen molar-refractivity contribution in [3.05, 3.63) is 35.1 Å². The summed E-state index contributed by atoms with van der Waals surface area (Å²) in [5.74, 6) is -2.57. The average molecular weight is 196 g/mol. The van der Waals surface area contributed by atoms with Gasteiger partial charge < -0.3 is 15.3 Å². The van der Waals surface area contributed by atoms with Gasteiger partial charge in [0.15, 0.2) is 0 Å². The van der Waals surface area contributed by atoms with E-state index in [-0.39, 0.29) is 17.6 Å². The third kappa shape index (κ3) is 1.82. The van der Waals surface area contributed by atoms with Crippen molar-refractivity contribution in [2.24, 2.45) is 0 Å². The summed E-state index contributed by atoms with van der Waals surface area (Å²) in [6.45, 7) is 0. The molecule has 1 aliphatic rings. The van der Waals surface area contributed by atoms with Crippen LogP contribution in [0, 0.1) is 0 Å². The molecule has 1 rings (SSSR count). The first kappa shape index (κ1) is 10.0. The van der Waals surface area contributed by atoms with Gasteiger partial charge in [-0.3, -0.25) is 0 Å². The zero-order valence-corrected chi connectivity index (χ0v) is 7.10. The van der Waals surface area contributed by atoms with Crippen LogP contribution in [0.4, 0.5) is 0 Å². The number of aliphatic hydroxyl groups is 1. The van der Waals surface area contributed by atoms with Crippen LogP contribution in [0.5, 0.6) is 0 Å². The minimum atomic E-state index is -1.29. The summed E-state index contributed by atoms with van der Waals surface area (Å²) in [6.07, 6.45) is 3.22. The Balaban J connectivity index is 3.16. The van der Waals surface area contributed by atoms with Crippen LogP contribution in [-0.2, 0) is 9.59 Å². The van der Waals surface area contributed by atoms with E-state index in [1.165, 1.54) is 6.08 Å². The largest absolute Gasteiger partial charge is 0.515 e. The van der Waals surface area contributed by atoms with Crippen molar-refractivity contribution < 1.29 is 24.9 Å². The minimum absolute atomic E-state index is 0.0794. The number of carboxylic acid groups (broad SMARTS) is 2. The monoisotopic (exact) mass is 196 g/mol. The van der Waals surface area contributed by atoms with Gasteiger partial charge in [0.25, 0.3) is 0 Å². The second-order valence-electron chi connectivity index (χ2n) is 2.72. The summed E-state index contributed by atoms with van der Waals surface area (Å²) in [6, 6.07) is 0. The summed E-state index contributed by atoms with van der Waals surface area (Å²) < 4.78 is 0. The first-order chi connectivity index (χ1) is 6.56. The smallest absolute Gasteiger partial charge is 0.336 e. The highest BCUT2D eigenvalue weighted by molar-refractivity contribution is 6.02. The van der Waals surface area contributed by atoms with Crippen LogP contribution < -0.4 is 0 Å². The Morgan fingerprint density at radius 2 is 1.86 bits per heavy atom. The standard InChI is InChI=1S/C9H8O5/c10-4-5-1-2-6(8(11)12)7(3-5)9(13)14/h1-2,4,10H,3H2,(H,11,12)(H,13,14). The van der Waals surface area contributed by atoms with Crippen LogP contribution in [0.3, 0.4) is 0 Å². The van der Waals surface area contributed by atoms with Crippen molar-refractivity contribution >= 4 is 11.9 Å². The molecular weight excluding hydrogens is 188 g/mol. The number of aliphatic hydroxyl groups excluding tert-OH is 1. The Hall–Kier alpha value is -2.04. The maximum absolute atomic E-state index is 10.7. The van der Waals surface area contributed by atoms with E-state index < -0.39 is 11.9 Å². The molecule has 0 spiro atoms. The predicted octanol–water partition coefficient (Wildman–Crippen LogP) is 0.854. The number of hydrogen-bond acceptors (Lipinski definition) is 3. The van der Waals surface area contributed by atoms with E-state index >= 15 is 0 Å². The average Bonchev–Trinajstić information content (AvgIpc) is 2.16. The number of carbonyl (C=O) groups is 2. The van der Waals surface area contributed by atoms with Gasteiger partial charge in [0, 0.05) is 6.42 Å². The molecule has 0 radical (unpaired) electrons. The molecule has 5 nitrogen and oxygen atoms in total. The second-order valence-corrected chi connectivity index (χ2v) is 2.72. The Morgan fingerprint density at radius 3 is 2.29 bits per heavy atom. The lowest BCUT2D eigenvalue weighted by molar-refractivity contribution is -0.135. The molecule has 14 heavy (non-hydrogen) atoms. The van der Waals surface area contributed by atoms with Crippen LogP contribution in [0.15, 0.2) is 35.1 Å². The third-order valence-electron chi connectivity index (χ3n) is 1.82. The quantitative estimate of drug-likeness (QED) is 0.569. The Morgan fingerprint density at radius 1 is 1.21 bits per heavy atom. The van der Waals surface area contributed by atoms with Gasteiger partial charge in [-0.1, -0.05) is 6.08 Å². The van der Waals surface area contributed by atoms with Crippen LogP contribution in [0.2, 0.25) is 0 Å². The number of aliphatic carboxylic acids is 2. The van der Waals surface area contributed by atoms with Crippen LogP contribution in [0.1, 0.15) is 6.42 Å². The molecule has 0 aliphatic heterocycles. The van der Waals surface area contributed by atoms with Crippen molar-refractivity contribution in [3.8, 4) is 0 Å². The summed E-state index contributed by atoms with van der Waals surface area (Å²) in [4.78, 5) is 21.3. The molecule has 0 atom stereocenters. The maximum Gasteiger partial charge on any atom is 0.336 e. The van der Waals surface area contributed by atoms with Crippen LogP contribution >= 0.6 is 0 Å². The fourth-order valence-electron chi connectivity index (χ4n) is 1.13. The molecular formula is C9H8O5. The van der Waals surface area contributed by atoms with Crippen molar-refractivity contribution in [1.82, 2.24) is 0 Å². The molecule has 1 aliphatic carbocycles. The molecule has 74 valence electrons. The molecule has 0 aromatic heterocycles. The zero-order valence-electron chi connectivity index (χ0n) is 7.10. The molecule has 0 aromatic rings. The van der Waals surface area contributed by atoms with Crippen molar-refractivity contribution in [2.45, 2.75) is 6.42 Å². The molecule has 5 heteroatoms. The number of rotatable bonds is 2. The second kappa shape index (κ2) is 3.78. The molecule has 3 N–H and O–H groups in total. The highest BCUT2D eigenvalue weighted by Gasteiger charge is 2.21.